The van der Waals surface area contributed by atoms with Crippen molar-refractivity contribution in [3.63, 3.8) is 0 Å². The molecule has 160 valence electrons. The van der Waals surface area contributed by atoms with Crippen molar-refractivity contribution in [2.75, 3.05) is 19.5 Å². The van der Waals surface area contributed by atoms with Crippen LogP contribution in [-0.4, -0.2) is 29.0 Å². The van der Waals surface area contributed by atoms with Crippen molar-refractivity contribution >= 4 is 23.0 Å². The fourth-order valence-corrected chi connectivity index (χ4v) is 5.26. The number of aromatic nitrogens is 3. The van der Waals surface area contributed by atoms with Crippen molar-refractivity contribution in [2.45, 2.75) is 12.1 Å². The summed E-state index contributed by atoms with van der Waals surface area (Å²) in [5.74, 6) is 2.87. The predicted molar refractivity (Wildman–Crippen MR) is 122 cm³/mol. The van der Waals surface area contributed by atoms with E-state index in [-0.39, 0.29) is 12.1 Å². The number of rotatable bonds is 4. The van der Waals surface area contributed by atoms with Gasteiger partial charge in [-0.3, -0.25) is 0 Å². The van der Waals surface area contributed by atoms with E-state index in [1.165, 1.54) is 4.88 Å². The third-order valence-electron chi connectivity index (χ3n) is 5.84. The molecule has 0 saturated heterocycles. The first-order valence-corrected chi connectivity index (χ1v) is 11.1. The van der Waals surface area contributed by atoms with Crippen LogP contribution in [0.1, 0.15) is 28.1 Å². The molecule has 2 aliphatic heterocycles. The van der Waals surface area contributed by atoms with Gasteiger partial charge in [-0.05, 0) is 35.7 Å². The molecule has 0 fully saturated rings. The van der Waals surface area contributed by atoms with Crippen LogP contribution in [0.15, 0.2) is 71.9 Å². The Morgan fingerprint density at radius 1 is 1.03 bits per heavy atom. The summed E-state index contributed by atoms with van der Waals surface area (Å²) in [6, 6.07) is 18.0. The lowest BCUT2D eigenvalue weighted by atomic mass is 9.87. The fraction of sp³-hybridized carbons (Fsp3) is 0.167. The molecule has 0 amide bonds. The molecule has 4 aromatic rings. The summed E-state index contributed by atoms with van der Waals surface area (Å²) in [6.45, 7) is 0. The molecule has 0 radical (unpaired) electrons. The highest BCUT2D eigenvalue weighted by atomic mass is 32.1. The average Bonchev–Trinajstić information content (AvgIpc) is 3.54. The molecule has 6 rings (SSSR count). The van der Waals surface area contributed by atoms with Crippen LogP contribution in [0.2, 0.25) is 0 Å². The number of ether oxygens (including phenoxy) is 3. The third-order valence-corrected chi connectivity index (χ3v) is 6.77. The highest BCUT2D eigenvalue weighted by molar-refractivity contribution is 7.10. The zero-order chi connectivity index (χ0) is 21.7. The Hall–Kier alpha value is -3.78. The molecule has 0 saturated carbocycles. The molecular formula is C24H20N4O3S. The molecular weight excluding hydrogens is 424 g/mol. The van der Waals surface area contributed by atoms with Crippen LogP contribution in [0.3, 0.4) is 0 Å². The van der Waals surface area contributed by atoms with Crippen molar-refractivity contribution in [1.29, 1.82) is 0 Å². The number of benzene rings is 2. The van der Waals surface area contributed by atoms with Gasteiger partial charge in [0.2, 0.25) is 5.95 Å². The second kappa shape index (κ2) is 7.42. The standard InChI is InChI=1S/C24H20N4O3S/c1-29-17-10-9-14(12-18(17)30-2)23-20-21(15-6-3-4-7-16(15)31-23)27-24-25-13-26-28(24)22(20)19-8-5-11-32-19/h3-13,22-23H,1-2H3,(H,25,26,27)/t22-,23-/m1/s1. The van der Waals surface area contributed by atoms with Gasteiger partial charge in [0.1, 0.15) is 24.2 Å². The number of fused-ring (bicyclic) bond motifs is 3. The highest BCUT2D eigenvalue weighted by Crippen LogP contribution is 2.51. The normalized spacial score (nSPS) is 18.7. The maximum atomic E-state index is 6.63. The smallest absolute Gasteiger partial charge is 0.226 e. The Labute approximate surface area is 188 Å². The lowest BCUT2D eigenvalue weighted by Crippen LogP contribution is -2.32. The van der Waals surface area contributed by atoms with E-state index >= 15 is 0 Å². The molecule has 0 bridgehead atoms. The van der Waals surface area contributed by atoms with E-state index in [9.17, 15) is 0 Å². The number of nitrogens with zero attached hydrogens (tertiary/aromatic N) is 3. The van der Waals surface area contributed by atoms with E-state index in [0.717, 1.165) is 28.1 Å². The number of anilines is 1. The Bertz CT molecular complexity index is 1330. The molecule has 1 N–H and O–H groups in total. The molecule has 2 atom stereocenters. The number of thiophene rings is 1. The third kappa shape index (κ3) is 2.80. The fourth-order valence-electron chi connectivity index (χ4n) is 4.43. The van der Waals surface area contributed by atoms with Crippen LogP contribution in [0.4, 0.5) is 5.95 Å². The SMILES string of the molecule is COc1ccc([C@H]2Oc3ccccc3C3=C2[C@@H](c2cccs2)n2ncnc2N3)cc1OC. The van der Waals surface area contributed by atoms with Crippen molar-refractivity contribution in [3.05, 3.63) is 87.9 Å². The van der Waals surface area contributed by atoms with Crippen LogP contribution in [0, 0.1) is 0 Å². The van der Waals surface area contributed by atoms with Gasteiger partial charge in [-0.2, -0.15) is 10.1 Å². The van der Waals surface area contributed by atoms with E-state index < -0.39 is 0 Å². The molecule has 2 aliphatic rings. The minimum atomic E-state index is -0.350. The van der Waals surface area contributed by atoms with Gasteiger partial charge in [-0.25, -0.2) is 4.68 Å². The Morgan fingerprint density at radius 2 is 1.91 bits per heavy atom. The second-order valence-corrected chi connectivity index (χ2v) is 8.49. The van der Waals surface area contributed by atoms with Crippen LogP contribution in [-0.2, 0) is 0 Å². The van der Waals surface area contributed by atoms with E-state index in [2.05, 4.69) is 39.0 Å². The summed E-state index contributed by atoms with van der Waals surface area (Å²) in [6.07, 6.45) is 1.23. The molecule has 0 unspecified atom stereocenters. The van der Waals surface area contributed by atoms with Gasteiger partial charge in [-0.1, -0.05) is 24.3 Å². The number of nitrogens with one attached hydrogen (secondary N) is 1. The second-order valence-electron chi connectivity index (χ2n) is 7.51. The van der Waals surface area contributed by atoms with E-state index in [1.54, 1.807) is 31.9 Å². The first kappa shape index (κ1) is 18.9. The first-order valence-electron chi connectivity index (χ1n) is 10.2. The van der Waals surface area contributed by atoms with E-state index in [4.69, 9.17) is 14.2 Å². The molecule has 7 nitrogen and oxygen atoms in total. The first-order chi connectivity index (χ1) is 15.8. The molecule has 32 heavy (non-hydrogen) atoms. The van der Waals surface area contributed by atoms with Gasteiger partial charge in [0.25, 0.3) is 0 Å². The topological polar surface area (TPSA) is 70.4 Å². The maximum absolute atomic E-state index is 6.63. The summed E-state index contributed by atoms with van der Waals surface area (Å²) >= 11 is 1.69. The van der Waals surface area contributed by atoms with Crippen LogP contribution >= 0.6 is 11.3 Å². The minimum Gasteiger partial charge on any atom is -0.493 e. The average molecular weight is 445 g/mol. The molecule has 4 heterocycles. The quantitative estimate of drug-likeness (QED) is 0.482. The van der Waals surface area contributed by atoms with Crippen molar-refractivity contribution in [3.8, 4) is 17.2 Å². The van der Waals surface area contributed by atoms with Crippen LogP contribution < -0.4 is 19.5 Å². The van der Waals surface area contributed by atoms with Gasteiger partial charge in [0.05, 0.1) is 19.9 Å². The van der Waals surface area contributed by atoms with Gasteiger partial charge >= 0.3 is 0 Å². The predicted octanol–water partition coefficient (Wildman–Crippen LogP) is 4.92. The molecule has 2 aromatic carbocycles. The van der Waals surface area contributed by atoms with Crippen molar-refractivity contribution in [2.24, 2.45) is 0 Å². The molecule has 0 aliphatic carbocycles. The van der Waals surface area contributed by atoms with Gasteiger partial charge in [-0.15, -0.1) is 11.3 Å². The van der Waals surface area contributed by atoms with Gasteiger partial charge < -0.3 is 19.5 Å². The number of hydrogen-bond donors (Lipinski definition) is 1. The van der Waals surface area contributed by atoms with Crippen LogP contribution in [0.25, 0.3) is 5.70 Å². The van der Waals surface area contributed by atoms with Gasteiger partial charge in [0, 0.05) is 21.6 Å². The molecule has 2 aromatic heterocycles. The monoisotopic (exact) mass is 444 g/mol. The Kier molecular flexibility index (Phi) is 4.39. The molecule has 8 heteroatoms. The van der Waals surface area contributed by atoms with Crippen molar-refractivity contribution in [1.82, 2.24) is 14.8 Å². The summed E-state index contributed by atoms with van der Waals surface area (Å²) in [7, 11) is 3.28. The number of hydrogen-bond acceptors (Lipinski definition) is 7. The number of para-hydroxylation sites is 1. The maximum Gasteiger partial charge on any atom is 0.226 e. The Balaban J connectivity index is 1.60. The van der Waals surface area contributed by atoms with E-state index in [1.807, 2.05) is 41.1 Å². The highest BCUT2D eigenvalue weighted by Gasteiger charge is 2.41. The zero-order valence-corrected chi connectivity index (χ0v) is 18.3. The minimum absolute atomic E-state index is 0.143. The summed E-state index contributed by atoms with van der Waals surface area (Å²) < 4.78 is 19.6. The van der Waals surface area contributed by atoms with Gasteiger partial charge in [0.15, 0.2) is 11.5 Å². The van der Waals surface area contributed by atoms with Crippen LogP contribution in [0.5, 0.6) is 17.2 Å². The molecule has 0 spiro atoms. The Morgan fingerprint density at radius 3 is 2.72 bits per heavy atom. The number of methoxy groups -OCH3 is 2. The summed E-state index contributed by atoms with van der Waals surface area (Å²) in [5.41, 5.74) is 4.06. The van der Waals surface area contributed by atoms with Crippen molar-refractivity contribution < 1.29 is 14.2 Å². The largest absolute Gasteiger partial charge is 0.493 e. The zero-order valence-electron chi connectivity index (χ0n) is 17.5. The summed E-state index contributed by atoms with van der Waals surface area (Å²) in [5, 5.41) is 10.1. The summed E-state index contributed by atoms with van der Waals surface area (Å²) in [4.78, 5) is 5.63. The lowest BCUT2D eigenvalue weighted by molar-refractivity contribution is 0.222. The van der Waals surface area contributed by atoms with E-state index in [0.29, 0.717) is 17.4 Å². The lowest BCUT2D eigenvalue weighted by Gasteiger charge is -2.38.